The highest BCUT2D eigenvalue weighted by Crippen LogP contribution is 2.21. The third kappa shape index (κ3) is 3.19. The van der Waals surface area contributed by atoms with Crippen LogP contribution in [-0.4, -0.2) is 37.1 Å². The Hall–Kier alpha value is -2.11. The molecule has 0 unspecified atom stereocenters. The molecule has 2 N–H and O–H groups in total. The Kier molecular flexibility index (Phi) is 4.65. The minimum atomic E-state index is -1.22. The number of hydrogen-bond acceptors (Lipinski definition) is 3. The molecular formula is C12H15FN2O3. The summed E-state index contributed by atoms with van der Waals surface area (Å²) in [5.41, 5.74) is 0.177. The van der Waals surface area contributed by atoms with E-state index in [1.165, 1.54) is 19.2 Å². The maximum Gasteiger partial charge on any atom is 0.337 e. The molecule has 0 aliphatic carbocycles. The summed E-state index contributed by atoms with van der Waals surface area (Å²) < 4.78 is 13.0. The van der Waals surface area contributed by atoms with Gasteiger partial charge in [0, 0.05) is 13.6 Å². The highest BCUT2D eigenvalue weighted by molar-refractivity contribution is 5.95. The second kappa shape index (κ2) is 6.00. The zero-order valence-corrected chi connectivity index (χ0v) is 10.2. The minimum absolute atomic E-state index is 0.0267. The quantitative estimate of drug-likeness (QED) is 0.825. The first-order chi connectivity index (χ1) is 8.49. The number of carboxylic acid groups (broad SMARTS) is 1. The molecule has 6 heteroatoms. The van der Waals surface area contributed by atoms with E-state index in [4.69, 9.17) is 5.11 Å². The van der Waals surface area contributed by atoms with Gasteiger partial charge in [0.2, 0.25) is 5.91 Å². The van der Waals surface area contributed by atoms with Gasteiger partial charge in [0.15, 0.2) is 0 Å². The lowest BCUT2D eigenvalue weighted by Crippen LogP contribution is -2.36. The first-order valence-corrected chi connectivity index (χ1v) is 5.48. The molecular weight excluding hydrogens is 239 g/mol. The van der Waals surface area contributed by atoms with Crippen molar-refractivity contribution < 1.29 is 19.1 Å². The van der Waals surface area contributed by atoms with Gasteiger partial charge in [-0.05, 0) is 25.1 Å². The molecule has 0 spiro atoms. The highest BCUT2D eigenvalue weighted by Gasteiger charge is 2.17. The summed E-state index contributed by atoms with van der Waals surface area (Å²) in [5.74, 6) is -2.08. The number of amides is 1. The van der Waals surface area contributed by atoms with E-state index in [0.717, 1.165) is 6.07 Å². The molecule has 18 heavy (non-hydrogen) atoms. The summed E-state index contributed by atoms with van der Waals surface area (Å²) in [7, 11) is 1.50. The van der Waals surface area contributed by atoms with E-state index in [1.54, 1.807) is 11.8 Å². The van der Waals surface area contributed by atoms with Crippen molar-refractivity contribution in [1.82, 2.24) is 5.32 Å². The van der Waals surface area contributed by atoms with Crippen molar-refractivity contribution in [3.05, 3.63) is 29.6 Å². The smallest absolute Gasteiger partial charge is 0.337 e. The Bertz CT molecular complexity index is 463. The lowest BCUT2D eigenvalue weighted by Gasteiger charge is -2.23. The standard InChI is InChI=1S/C12H15FN2O3/c1-3-15(7-11(16)14-2)10-5-4-8(13)6-9(10)12(17)18/h4-6H,3,7H2,1-2H3,(H,14,16)(H,17,18). The Morgan fingerprint density at radius 1 is 1.44 bits per heavy atom. The van der Waals surface area contributed by atoms with Gasteiger partial charge in [0.25, 0.3) is 0 Å². The Balaban J connectivity index is 3.12. The molecule has 0 saturated carbocycles. The summed E-state index contributed by atoms with van der Waals surface area (Å²) in [6.45, 7) is 2.26. The normalized spacial score (nSPS) is 9.94. The van der Waals surface area contributed by atoms with Crippen LogP contribution in [0.25, 0.3) is 0 Å². The molecule has 1 aromatic rings. The van der Waals surface area contributed by atoms with E-state index in [9.17, 15) is 14.0 Å². The molecule has 1 rings (SSSR count). The van der Waals surface area contributed by atoms with Gasteiger partial charge in [-0.1, -0.05) is 0 Å². The van der Waals surface area contributed by atoms with E-state index < -0.39 is 11.8 Å². The summed E-state index contributed by atoms with van der Waals surface area (Å²) in [5, 5.41) is 11.5. The highest BCUT2D eigenvalue weighted by atomic mass is 19.1. The topological polar surface area (TPSA) is 69.6 Å². The molecule has 0 atom stereocenters. The van der Waals surface area contributed by atoms with Crippen LogP contribution in [0.5, 0.6) is 0 Å². The number of likely N-dealkylation sites (N-methyl/N-ethyl adjacent to an activating group) is 2. The van der Waals surface area contributed by atoms with Crippen LogP contribution in [0.2, 0.25) is 0 Å². The molecule has 0 saturated heterocycles. The van der Waals surface area contributed by atoms with Crippen molar-refractivity contribution in [3.63, 3.8) is 0 Å². The van der Waals surface area contributed by atoms with Crippen molar-refractivity contribution >= 4 is 17.6 Å². The molecule has 1 aromatic carbocycles. The number of carboxylic acids is 1. The van der Waals surface area contributed by atoms with Crippen molar-refractivity contribution in [2.24, 2.45) is 0 Å². The first-order valence-electron chi connectivity index (χ1n) is 5.48. The second-order valence-electron chi connectivity index (χ2n) is 3.65. The lowest BCUT2D eigenvalue weighted by atomic mass is 10.1. The zero-order chi connectivity index (χ0) is 13.7. The van der Waals surface area contributed by atoms with Crippen molar-refractivity contribution in [2.45, 2.75) is 6.92 Å². The van der Waals surface area contributed by atoms with Crippen LogP contribution in [-0.2, 0) is 4.79 Å². The Morgan fingerprint density at radius 3 is 2.61 bits per heavy atom. The number of rotatable bonds is 5. The van der Waals surface area contributed by atoms with E-state index in [1.807, 2.05) is 0 Å². The fourth-order valence-electron chi connectivity index (χ4n) is 1.58. The van der Waals surface area contributed by atoms with Crippen LogP contribution in [0, 0.1) is 5.82 Å². The average molecular weight is 254 g/mol. The van der Waals surface area contributed by atoms with E-state index >= 15 is 0 Å². The number of benzene rings is 1. The Morgan fingerprint density at radius 2 is 2.11 bits per heavy atom. The van der Waals surface area contributed by atoms with Gasteiger partial charge in [0.05, 0.1) is 17.8 Å². The van der Waals surface area contributed by atoms with Gasteiger partial charge in [-0.3, -0.25) is 4.79 Å². The molecule has 0 radical (unpaired) electrons. The number of carbonyl (C=O) groups excluding carboxylic acids is 1. The van der Waals surface area contributed by atoms with Crippen LogP contribution in [0.4, 0.5) is 10.1 Å². The molecule has 0 bridgehead atoms. The number of anilines is 1. The predicted molar refractivity (Wildman–Crippen MR) is 65.3 cm³/mol. The van der Waals surface area contributed by atoms with Gasteiger partial charge >= 0.3 is 5.97 Å². The molecule has 0 heterocycles. The SMILES string of the molecule is CCN(CC(=O)NC)c1ccc(F)cc1C(=O)O. The van der Waals surface area contributed by atoms with Crippen LogP contribution in [0.15, 0.2) is 18.2 Å². The molecule has 0 aromatic heterocycles. The van der Waals surface area contributed by atoms with Gasteiger partial charge < -0.3 is 15.3 Å². The summed E-state index contributed by atoms with van der Waals surface area (Å²) in [6, 6.07) is 3.49. The zero-order valence-electron chi connectivity index (χ0n) is 10.2. The summed E-state index contributed by atoms with van der Waals surface area (Å²) in [4.78, 5) is 24.0. The fourth-order valence-corrected chi connectivity index (χ4v) is 1.58. The molecule has 98 valence electrons. The molecule has 0 fully saturated rings. The monoisotopic (exact) mass is 254 g/mol. The van der Waals surface area contributed by atoms with Crippen LogP contribution in [0.1, 0.15) is 17.3 Å². The maximum absolute atomic E-state index is 13.0. The van der Waals surface area contributed by atoms with Crippen LogP contribution >= 0.6 is 0 Å². The molecule has 5 nitrogen and oxygen atoms in total. The molecule has 0 aliphatic rings. The van der Waals surface area contributed by atoms with Gasteiger partial charge in [0.1, 0.15) is 5.82 Å². The average Bonchev–Trinajstić information content (AvgIpc) is 2.35. The van der Waals surface area contributed by atoms with Crippen molar-refractivity contribution in [2.75, 3.05) is 25.0 Å². The fraction of sp³-hybridized carbons (Fsp3) is 0.333. The van der Waals surface area contributed by atoms with Crippen molar-refractivity contribution in [3.8, 4) is 0 Å². The summed E-state index contributed by atoms with van der Waals surface area (Å²) in [6.07, 6.45) is 0. The van der Waals surface area contributed by atoms with Crippen LogP contribution < -0.4 is 10.2 Å². The maximum atomic E-state index is 13.0. The number of nitrogens with one attached hydrogen (secondary N) is 1. The number of carbonyl (C=O) groups is 2. The number of nitrogens with zero attached hydrogens (tertiary/aromatic N) is 1. The molecule has 1 amide bonds. The largest absolute Gasteiger partial charge is 0.478 e. The van der Waals surface area contributed by atoms with Gasteiger partial charge in [-0.25, -0.2) is 9.18 Å². The summed E-state index contributed by atoms with van der Waals surface area (Å²) >= 11 is 0. The Labute approximate surface area is 104 Å². The first kappa shape index (κ1) is 14.0. The third-order valence-corrected chi connectivity index (χ3v) is 2.52. The van der Waals surface area contributed by atoms with Crippen molar-refractivity contribution in [1.29, 1.82) is 0 Å². The van der Waals surface area contributed by atoms with Gasteiger partial charge in [-0.2, -0.15) is 0 Å². The second-order valence-corrected chi connectivity index (χ2v) is 3.65. The van der Waals surface area contributed by atoms with Crippen LogP contribution in [0.3, 0.4) is 0 Å². The lowest BCUT2D eigenvalue weighted by molar-refractivity contribution is -0.119. The van der Waals surface area contributed by atoms with E-state index in [2.05, 4.69) is 5.32 Å². The van der Waals surface area contributed by atoms with Gasteiger partial charge in [-0.15, -0.1) is 0 Å². The predicted octanol–water partition coefficient (Wildman–Crippen LogP) is 1.10. The number of aromatic carboxylic acids is 1. The number of hydrogen-bond donors (Lipinski definition) is 2. The van der Waals surface area contributed by atoms with E-state index in [-0.39, 0.29) is 18.0 Å². The third-order valence-electron chi connectivity index (χ3n) is 2.52. The minimum Gasteiger partial charge on any atom is -0.478 e. The number of halogens is 1. The van der Waals surface area contributed by atoms with E-state index in [0.29, 0.717) is 12.2 Å². The molecule has 0 aliphatic heterocycles.